The number of fused-ring (bicyclic) bond motifs is 1. The molecule has 4 nitrogen and oxygen atoms in total. The van der Waals surface area contributed by atoms with E-state index in [1.807, 2.05) is 12.1 Å². The Morgan fingerprint density at radius 3 is 2.44 bits per heavy atom. The first-order chi connectivity index (χ1) is 11.9. The number of ketones is 1. The number of benzene rings is 2. The van der Waals surface area contributed by atoms with E-state index in [1.165, 1.54) is 18.2 Å². The largest absolute Gasteiger partial charge is 0.493 e. The van der Waals surface area contributed by atoms with Crippen LogP contribution in [0.25, 0.3) is 6.08 Å². The van der Waals surface area contributed by atoms with Gasteiger partial charge in [0.1, 0.15) is 5.75 Å². The van der Waals surface area contributed by atoms with Gasteiger partial charge in [-0.3, -0.25) is 4.79 Å². The van der Waals surface area contributed by atoms with Gasteiger partial charge in [0.2, 0.25) is 0 Å². The lowest BCUT2D eigenvalue weighted by molar-refractivity contribution is 0.0696. The lowest BCUT2D eigenvalue weighted by Gasteiger charge is -2.32. The number of carboxylic acids is 1. The number of rotatable bonds is 4. The third-order valence-corrected chi connectivity index (χ3v) is 4.56. The zero-order valence-corrected chi connectivity index (χ0v) is 14.3. The van der Waals surface area contributed by atoms with Gasteiger partial charge in [-0.15, -0.1) is 0 Å². The average Bonchev–Trinajstić information content (AvgIpc) is 2.59. The highest BCUT2D eigenvalue weighted by atomic mass is 16.5. The Bertz CT molecular complexity index is 845. The second kappa shape index (κ2) is 6.55. The van der Waals surface area contributed by atoms with E-state index in [1.54, 1.807) is 24.3 Å². The van der Waals surface area contributed by atoms with Crippen molar-refractivity contribution in [2.24, 2.45) is 0 Å². The number of carbonyl (C=O) groups is 2. The minimum Gasteiger partial charge on any atom is -0.493 e. The Morgan fingerprint density at radius 1 is 1.08 bits per heavy atom. The van der Waals surface area contributed by atoms with Gasteiger partial charge >= 0.3 is 5.97 Å². The van der Waals surface area contributed by atoms with Crippen LogP contribution >= 0.6 is 0 Å². The van der Waals surface area contributed by atoms with Crippen LogP contribution < -0.4 is 4.74 Å². The molecule has 3 rings (SSSR count). The topological polar surface area (TPSA) is 63.6 Å². The molecule has 0 aliphatic carbocycles. The molecule has 0 atom stereocenters. The Balaban J connectivity index is 1.78. The summed E-state index contributed by atoms with van der Waals surface area (Å²) < 4.78 is 5.72. The molecule has 1 aliphatic heterocycles. The molecule has 0 saturated carbocycles. The van der Waals surface area contributed by atoms with Crippen molar-refractivity contribution in [3.8, 4) is 5.75 Å². The SMILES string of the molecule is CC1(C)CCOc2cc(C(=O)C=Cc3ccc(C(=O)O)cc3)ccc21. The first-order valence-corrected chi connectivity index (χ1v) is 8.20. The number of aromatic carboxylic acids is 1. The van der Waals surface area contributed by atoms with Gasteiger partial charge in [-0.05, 0) is 47.2 Å². The van der Waals surface area contributed by atoms with Crippen molar-refractivity contribution in [1.82, 2.24) is 0 Å². The average molecular weight is 336 g/mol. The molecule has 0 spiro atoms. The second-order valence-electron chi connectivity index (χ2n) is 6.82. The number of carbonyl (C=O) groups excluding carboxylic acids is 1. The molecule has 4 heteroatoms. The van der Waals surface area contributed by atoms with Gasteiger partial charge in [-0.1, -0.05) is 44.2 Å². The van der Waals surface area contributed by atoms with Gasteiger partial charge in [0.05, 0.1) is 12.2 Å². The second-order valence-corrected chi connectivity index (χ2v) is 6.82. The van der Waals surface area contributed by atoms with Crippen LogP contribution in [0.3, 0.4) is 0 Å². The van der Waals surface area contributed by atoms with Gasteiger partial charge in [-0.25, -0.2) is 4.79 Å². The first kappa shape index (κ1) is 17.0. The molecule has 25 heavy (non-hydrogen) atoms. The molecule has 0 fully saturated rings. The number of allylic oxidation sites excluding steroid dienone is 1. The summed E-state index contributed by atoms with van der Waals surface area (Å²) in [5.74, 6) is -0.304. The van der Waals surface area contributed by atoms with Gasteiger partial charge in [0.15, 0.2) is 5.78 Å². The van der Waals surface area contributed by atoms with E-state index >= 15 is 0 Å². The van der Waals surface area contributed by atoms with Crippen LogP contribution in [0.5, 0.6) is 5.75 Å². The molecule has 1 aliphatic rings. The molecular weight excluding hydrogens is 316 g/mol. The predicted molar refractivity (Wildman–Crippen MR) is 96.3 cm³/mol. The van der Waals surface area contributed by atoms with E-state index in [9.17, 15) is 9.59 Å². The number of carboxylic acid groups (broad SMARTS) is 1. The van der Waals surface area contributed by atoms with Crippen LogP contribution in [0.1, 0.15) is 52.1 Å². The summed E-state index contributed by atoms with van der Waals surface area (Å²) in [4.78, 5) is 23.2. The fourth-order valence-corrected chi connectivity index (χ4v) is 2.91. The minimum absolute atomic E-state index is 0.0525. The summed E-state index contributed by atoms with van der Waals surface area (Å²) in [6, 6.07) is 12.0. The molecule has 0 bridgehead atoms. The Morgan fingerprint density at radius 2 is 1.76 bits per heavy atom. The molecule has 2 aromatic rings. The standard InChI is InChI=1S/C21H20O4/c1-21(2)11-12-25-19-13-16(8-9-17(19)21)18(22)10-5-14-3-6-15(7-4-14)20(23)24/h3-10,13H,11-12H2,1-2H3,(H,23,24). The molecular formula is C21H20O4. The van der Waals surface area contributed by atoms with Crippen molar-refractivity contribution < 1.29 is 19.4 Å². The van der Waals surface area contributed by atoms with Crippen molar-refractivity contribution in [2.45, 2.75) is 25.7 Å². The van der Waals surface area contributed by atoms with E-state index in [-0.39, 0.29) is 16.8 Å². The summed E-state index contributed by atoms with van der Waals surface area (Å²) in [6.07, 6.45) is 4.13. The monoisotopic (exact) mass is 336 g/mol. The van der Waals surface area contributed by atoms with Crippen LogP contribution in [-0.2, 0) is 5.41 Å². The minimum atomic E-state index is -0.969. The van der Waals surface area contributed by atoms with Gasteiger partial charge in [-0.2, -0.15) is 0 Å². The number of hydrogen-bond acceptors (Lipinski definition) is 3. The smallest absolute Gasteiger partial charge is 0.335 e. The molecule has 1 heterocycles. The number of ether oxygens (including phenoxy) is 1. The van der Waals surface area contributed by atoms with Crippen LogP contribution in [0.4, 0.5) is 0 Å². The fourth-order valence-electron chi connectivity index (χ4n) is 2.91. The highest BCUT2D eigenvalue weighted by Crippen LogP contribution is 2.38. The van der Waals surface area contributed by atoms with Crippen molar-refractivity contribution >= 4 is 17.8 Å². The summed E-state index contributed by atoms with van der Waals surface area (Å²) >= 11 is 0. The van der Waals surface area contributed by atoms with Gasteiger partial charge < -0.3 is 9.84 Å². The molecule has 0 amide bonds. The summed E-state index contributed by atoms with van der Waals surface area (Å²) in [5, 5.41) is 8.89. The van der Waals surface area contributed by atoms with Gasteiger partial charge in [0, 0.05) is 5.56 Å². The molecule has 0 unspecified atom stereocenters. The van der Waals surface area contributed by atoms with E-state index in [0.29, 0.717) is 12.2 Å². The van der Waals surface area contributed by atoms with Crippen LogP contribution in [0, 0.1) is 0 Å². The summed E-state index contributed by atoms with van der Waals surface area (Å²) in [7, 11) is 0. The highest BCUT2D eigenvalue weighted by molar-refractivity contribution is 6.07. The normalized spacial score (nSPS) is 15.4. The molecule has 1 N–H and O–H groups in total. The van der Waals surface area contributed by atoms with E-state index < -0.39 is 5.97 Å². The maximum absolute atomic E-state index is 12.4. The molecule has 0 radical (unpaired) electrons. The zero-order valence-electron chi connectivity index (χ0n) is 14.3. The quantitative estimate of drug-likeness (QED) is 0.666. The van der Waals surface area contributed by atoms with Crippen LogP contribution in [0.15, 0.2) is 48.5 Å². The van der Waals surface area contributed by atoms with Crippen molar-refractivity contribution in [2.75, 3.05) is 6.61 Å². The third-order valence-electron chi connectivity index (χ3n) is 4.56. The highest BCUT2D eigenvalue weighted by Gasteiger charge is 2.28. The fraction of sp³-hybridized carbons (Fsp3) is 0.238. The van der Waals surface area contributed by atoms with Crippen molar-refractivity contribution in [3.05, 3.63) is 70.8 Å². The molecule has 128 valence electrons. The predicted octanol–water partition coefficient (Wildman–Crippen LogP) is 4.34. The van der Waals surface area contributed by atoms with Crippen LogP contribution in [-0.4, -0.2) is 23.5 Å². The third kappa shape index (κ3) is 3.63. The number of hydrogen-bond donors (Lipinski definition) is 1. The Labute approximate surface area is 146 Å². The molecule has 0 aromatic heterocycles. The van der Waals surface area contributed by atoms with Gasteiger partial charge in [0.25, 0.3) is 0 Å². The van der Waals surface area contributed by atoms with Crippen LogP contribution in [0.2, 0.25) is 0 Å². The maximum Gasteiger partial charge on any atom is 0.335 e. The Kier molecular flexibility index (Phi) is 4.45. The van der Waals surface area contributed by atoms with Crippen molar-refractivity contribution in [3.63, 3.8) is 0 Å². The molecule has 2 aromatic carbocycles. The molecule has 0 saturated heterocycles. The first-order valence-electron chi connectivity index (χ1n) is 8.20. The maximum atomic E-state index is 12.4. The summed E-state index contributed by atoms with van der Waals surface area (Å²) in [6.45, 7) is 5.01. The Hall–Kier alpha value is -2.88. The zero-order chi connectivity index (χ0) is 18.0. The van der Waals surface area contributed by atoms with E-state index in [4.69, 9.17) is 9.84 Å². The lowest BCUT2D eigenvalue weighted by Crippen LogP contribution is -2.26. The van der Waals surface area contributed by atoms with Crippen molar-refractivity contribution in [1.29, 1.82) is 0 Å². The van der Waals surface area contributed by atoms with E-state index in [2.05, 4.69) is 13.8 Å². The van der Waals surface area contributed by atoms with E-state index in [0.717, 1.165) is 23.3 Å². The lowest BCUT2D eigenvalue weighted by atomic mass is 9.79. The summed E-state index contributed by atoms with van der Waals surface area (Å²) in [5.41, 5.74) is 2.75.